The number of hydrogen-bond donors (Lipinski definition) is 1. The second-order valence-corrected chi connectivity index (χ2v) is 10.8. The first-order valence-corrected chi connectivity index (χ1v) is 14.6. The third-order valence-electron chi connectivity index (χ3n) is 8.11. The molecule has 0 aliphatic heterocycles. The average Bonchev–Trinajstić information content (AvgIpc) is 3.41. The van der Waals surface area contributed by atoms with Gasteiger partial charge in [0, 0.05) is 44.9 Å². The molecule has 204 valence electrons. The zero-order valence-electron chi connectivity index (χ0n) is 23.6. The van der Waals surface area contributed by atoms with Crippen LogP contribution in [0, 0.1) is 0 Å². The van der Waals surface area contributed by atoms with Crippen molar-refractivity contribution in [2.45, 2.75) is 0 Å². The van der Waals surface area contributed by atoms with Crippen molar-refractivity contribution in [2.75, 3.05) is 10.2 Å². The Kier molecular flexibility index (Phi) is 6.12. The van der Waals surface area contributed by atoms with Crippen LogP contribution in [0.1, 0.15) is 0 Å². The Morgan fingerprint density at radius 3 is 1.77 bits per heavy atom. The summed E-state index contributed by atoms with van der Waals surface area (Å²) in [4.78, 5) is 2.34. The second kappa shape index (κ2) is 10.6. The average molecular weight is 552 g/mol. The molecule has 8 aromatic rings. The number of nitrogens with zero attached hydrogens (tertiary/aromatic N) is 2. The van der Waals surface area contributed by atoms with Crippen LogP contribution in [0.25, 0.3) is 38.3 Å². The van der Waals surface area contributed by atoms with Gasteiger partial charge in [0.15, 0.2) is 0 Å². The predicted octanol–water partition coefficient (Wildman–Crippen LogP) is 11.2. The molecule has 3 heteroatoms. The van der Waals surface area contributed by atoms with E-state index in [9.17, 15) is 0 Å². The standard InChI is InChI=1S/C40H29N3/c1-4-13-30(14-5-1)41-31-21-23-34(24-22-31)42(32-15-6-2-7-16-32)35-25-27-38-37(28-35)40-36-19-11-10-12-29(36)20-26-39(40)43(38)33-17-8-3-9-18-33/h1-28,41H. The first-order chi connectivity index (χ1) is 21.3. The smallest absolute Gasteiger partial charge is 0.0547 e. The molecule has 1 N–H and O–H groups in total. The summed E-state index contributed by atoms with van der Waals surface area (Å²) in [7, 11) is 0. The first-order valence-electron chi connectivity index (χ1n) is 14.6. The van der Waals surface area contributed by atoms with E-state index in [1.807, 2.05) is 18.2 Å². The van der Waals surface area contributed by atoms with E-state index in [0.29, 0.717) is 0 Å². The van der Waals surface area contributed by atoms with E-state index in [4.69, 9.17) is 0 Å². The van der Waals surface area contributed by atoms with E-state index in [1.54, 1.807) is 0 Å². The molecule has 0 aliphatic carbocycles. The van der Waals surface area contributed by atoms with Gasteiger partial charge in [0.2, 0.25) is 0 Å². The number of aromatic nitrogens is 1. The van der Waals surface area contributed by atoms with E-state index in [1.165, 1.54) is 32.6 Å². The quantitative estimate of drug-likeness (QED) is 0.222. The number of rotatable bonds is 6. The third-order valence-corrected chi connectivity index (χ3v) is 8.11. The lowest BCUT2D eigenvalue weighted by Crippen LogP contribution is -2.09. The van der Waals surface area contributed by atoms with Crippen molar-refractivity contribution in [3.63, 3.8) is 0 Å². The lowest BCUT2D eigenvalue weighted by atomic mass is 10.0. The van der Waals surface area contributed by atoms with Crippen LogP contribution >= 0.6 is 0 Å². The van der Waals surface area contributed by atoms with Crippen molar-refractivity contribution in [2.24, 2.45) is 0 Å². The molecular formula is C40H29N3. The van der Waals surface area contributed by atoms with E-state index in [0.717, 1.165) is 34.1 Å². The number of para-hydroxylation sites is 3. The highest BCUT2D eigenvalue weighted by molar-refractivity contribution is 6.22. The van der Waals surface area contributed by atoms with Gasteiger partial charge in [-0.15, -0.1) is 0 Å². The Hall–Kier alpha value is -5.80. The minimum Gasteiger partial charge on any atom is -0.356 e. The second-order valence-electron chi connectivity index (χ2n) is 10.8. The number of fused-ring (bicyclic) bond motifs is 5. The lowest BCUT2D eigenvalue weighted by Gasteiger charge is -2.26. The van der Waals surface area contributed by atoms with Crippen molar-refractivity contribution in [3.8, 4) is 5.69 Å². The highest BCUT2D eigenvalue weighted by atomic mass is 15.1. The first kappa shape index (κ1) is 25.0. The highest BCUT2D eigenvalue weighted by Gasteiger charge is 2.18. The number of benzene rings is 7. The molecule has 8 rings (SSSR count). The summed E-state index contributed by atoms with van der Waals surface area (Å²) in [5.41, 5.74) is 9.01. The molecule has 7 aromatic carbocycles. The Labute approximate surface area is 250 Å². The Morgan fingerprint density at radius 1 is 0.419 bits per heavy atom. The molecule has 43 heavy (non-hydrogen) atoms. The van der Waals surface area contributed by atoms with Crippen molar-refractivity contribution >= 4 is 61.0 Å². The number of nitrogens with one attached hydrogen (secondary N) is 1. The molecule has 0 aliphatic rings. The van der Waals surface area contributed by atoms with Crippen LogP contribution in [-0.4, -0.2) is 4.57 Å². The van der Waals surface area contributed by atoms with Gasteiger partial charge >= 0.3 is 0 Å². The lowest BCUT2D eigenvalue weighted by molar-refractivity contribution is 1.18. The summed E-state index contributed by atoms with van der Waals surface area (Å²) in [6.45, 7) is 0. The maximum absolute atomic E-state index is 3.51. The minimum absolute atomic E-state index is 1.05. The molecule has 1 heterocycles. The fourth-order valence-electron chi connectivity index (χ4n) is 6.18. The maximum Gasteiger partial charge on any atom is 0.0547 e. The summed E-state index contributed by atoms with van der Waals surface area (Å²) in [5.74, 6) is 0. The SMILES string of the molecule is c1ccc(Nc2ccc(N(c3ccccc3)c3ccc4c(c3)c3c5ccccc5ccc3n4-c3ccccc3)cc2)cc1. The summed E-state index contributed by atoms with van der Waals surface area (Å²) >= 11 is 0. The van der Waals surface area contributed by atoms with E-state index >= 15 is 0 Å². The molecule has 0 saturated carbocycles. The molecule has 0 unspecified atom stereocenters. The van der Waals surface area contributed by atoms with Crippen LogP contribution in [-0.2, 0) is 0 Å². The third kappa shape index (κ3) is 4.48. The predicted molar refractivity (Wildman–Crippen MR) is 183 cm³/mol. The molecule has 0 atom stereocenters. The van der Waals surface area contributed by atoms with E-state index in [-0.39, 0.29) is 0 Å². The van der Waals surface area contributed by atoms with Crippen LogP contribution < -0.4 is 10.2 Å². The molecular weight excluding hydrogens is 522 g/mol. The fraction of sp³-hybridized carbons (Fsp3) is 0. The van der Waals surface area contributed by atoms with Gasteiger partial charge in [0.25, 0.3) is 0 Å². The molecule has 0 spiro atoms. The molecule has 0 saturated heterocycles. The van der Waals surface area contributed by atoms with Crippen LogP contribution in [0.15, 0.2) is 170 Å². The van der Waals surface area contributed by atoms with Gasteiger partial charge in [-0.3, -0.25) is 0 Å². The highest BCUT2D eigenvalue weighted by Crippen LogP contribution is 2.41. The van der Waals surface area contributed by atoms with Crippen molar-refractivity contribution in [1.29, 1.82) is 0 Å². The summed E-state index contributed by atoms with van der Waals surface area (Å²) in [5, 5.41) is 8.52. The van der Waals surface area contributed by atoms with Crippen LogP contribution in [0.2, 0.25) is 0 Å². The number of hydrogen-bond acceptors (Lipinski definition) is 2. The summed E-state index contributed by atoms with van der Waals surface area (Å²) in [6, 6.07) is 60.2. The normalized spacial score (nSPS) is 11.3. The van der Waals surface area contributed by atoms with Gasteiger partial charge in [-0.1, -0.05) is 84.9 Å². The minimum atomic E-state index is 1.05. The van der Waals surface area contributed by atoms with Crippen molar-refractivity contribution < 1.29 is 0 Å². The Morgan fingerprint density at radius 2 is 1.00 bits per heavy atom. The molecule has 3 nitrogen and oxygen atoms in total. The van der Waals surface area contributed by atoms with E-state index in [2.05, 4.69) is 166 Å². The van der Waals surface area contributed by atoms with E-state index < -0.39 is 0 Å². The van der Waals surface area contributed by atoms with Crippen molar-refractivity contribution in [3.05, 3.63) is 170 Å². The number of anilines is 5. The maximum atomic E-state index is 3.51. The monoisotopic (exact) mass is 551 g/mol. The topological polar surface area (TPSA) is 20.2 Å². The molecule has 0 bridgehead atoms. The molecule has 0 radical (unpaired) electrons. The summed E-state index contributed by atoms with van der Waals surface area (Å²) in [6.07, 6.45) is 0. The van der Waals surface area contributed by atoms with Crippen LogP contribution in [0.3, 0.4) is 0 Å². The molecule has 1 aromatic heterocycles. The van der Waals surface area contributed by atoms with Crippen LogP contribution in [0.4, 0.5) is 28.4 Å². The van der Waals surface area contributed by atoms with Gasteiger partial charge in [-0.25, -0.2) is 0 Å². The van der Waals surface area contributed by atoms with Crippen LogP contribution in [0.5, 0.6) is 0 Å². The Bertz CT molecular complexity index is 2180. The zero-order valence-corrected chi connectivity index (χ0v) is 23.6. The van der Waals surface area contributed by atoms with Crippen molar-refractivity contribution in [1.82, 2.24) is 4.57 Å². The van der Waals surface area contributed by atoms with Gasteiger partial charge in [0.05, 0.1) is 11.0 Å². The van der Waals surface area contributed by atoms with Gasteiger partial charge in [-0.2, -0.15) is 0 Å². The summed E-state index contributed by atoms with van der Waals surface area (Å²) < 4.78 is 2.39. The van der Waals surface area contributed by atoms with Gasteiger partial charge in [-0.05, 0) is 95.7 Å². The van der Waals surface area contributed by atoms with Gasteiger partial charge in [0.1, 0.15) is 0 Å². The zero-order chi connectivity index (χ0) is 28.6. The Balaban J connectivity index is 1.32. The molecule has 0 fully saturated rings. The molecule has 0 amide bonds. The fourth-order valence-corrected chi connectivity index (χ4v) is 6.18. The van der Waals surface area contributed by atoms with Gasteiger partial charge < -0.3 is 14.8 Å². The largest absolute Gasteiger partial charge is 0.356 e.